The lowest BCUT2D eigenvalue weighted by molar-refractivity contribution is -0.121. The third kappa shape index (κ3) is 5.66. The quantitative estimate of drug-likeness (QED) is 0.755. The van der Waals surface area contributed by atoms with E-state index in [9.17, 15) is 4.79 Å². The highest BCUT2D eigenvalue weighted by molar-refractivity contribution is 7.99. The molecule has 0 heterocycles. The molecule has 0 aliphatic carbocycles. The van der Waals surface area contributed by atoms with Crippen LogP contribution in [0.15, 0.2) is 23.1 Å². The lowest BCUT2D eigenvalue weighted by Gasteiger charge is -2.13. The van der Waals surface area contributed by atoms with Crippen molar-refractivity contribution >= 4 is 17.7 Å². The van der Waals surface area contributed by atoms with Crippen LogP contribution in [0.25, 0.3) is 0 Å². The Morgan fingerprint density at radius 2 is 2.11 bits per heavy atom. The zero-order valence-electron chi connectivity index (χ0n) is 11.9. The molecule has 0 fully saturated rings. The molecule has 4 heteroatoms. The molecule has 0 aromatic heterocycles. The first-order chi connectivity index (χ1) is 9.06. The van der Waals surface area contributed by atoms with E-state index < -0.39 is 0 Å². The van der Waals surface area contributed by atoms with E-state index >= 15 is 0 Å². The first-order valence-corrected chi connectivity index (χ1v) is 7.65. The Labute approximate surface area is 119 Å². The molecule has 0 aliphatic rings. The number of benzene rings is 1. The van der Waals surface area contributed by atoms with E-state index in [1.54, 1.807) is 11.8 Å². The summed E-state index contributed by atoms with van der Waals surface area (Å²) in [4.78, 5) is 12.8. The van der Waals surface area contributed by atoms with Crippen LogP contribution >= 0.6 is 11.8 Å². The predicted octanol–water partition coefficient (Wildman–Crippen LogP) is 2.67. The molecule has 0 spiro atoms. The maximum atomic E-state index is 11.6. The van der Waals surface area contributed by atoms with Crippen molar-refractivity contribution < 1.29 is 9.90 Å². The van der Waals surface area contributed by atoms with Crippen LogP contribution in [0, 0.1) is 13.8 Å². The third-order valence-corrected chi connectivity index (χ3v) is 4.15. The van der Waals surface area contributed by atoms with E-state index in [4.69, 9.17) is 5.11 Å². The van der Waals surface area contributed by atoms with E-state index in [0.29, 0.717) is 6.42 Å². The van der Waals surface area contributed by atoms with Crippen molar-refractivity contribution in [1.29, 1.82) is 0 Å². The zero-order valence-corrected chi connectivity index (χ0v) is 12.7. The van der Waals surface area contributed by atoms with Gasteiger partial charge in [0.25, 0.3) is 0 Å². The van der Waals surface area contributed by atoms with Gasteiger partial charge in [-0.2, -0.15) is 0 Å². The summed E-state index contributed by atoms with van der Waals surface area (Å²) in [5.74, 6) is 0.771. The maximum absolute atomic E-state index is 11.6. The van der Waals surface area contributed by atoms with Gasteiger partial charge < -0.3 is 10.4 Å². The van der Waals surface area contributed by atoms with Gasteiger partial charge in [-0.1, -0.05) is 13.0 Å². The fraction of sp³-hybridized carbons (Fsp3) is 0.533. The van der Waals surface area contributed by atoms with Crippen molar-refractivity contribution in [1.82, 2.24) is 5.32 Å². The van der Waals surface area contributed by atoms with Gasteiger partial charge in [-0.15, -0.1) is 11.8 Å². The predicted molar refractivity (Wildman–Crippen MR) is 80.6 cm³/mol. The summed E-state index contributed by atoms with van der Waals surface area (Å²) in [5.41, 5.74) is 2.57. The van der Waals surface area contributed by atoms with Crippen LogP contribution in [0.1, 0.15) is 30.9 Å². The summed E-state index contributed by atoms with van der Waals surface area (Å²) in [5, 5.41) is 11.8. The number of aryl methyl sites for hydroxylation is 2. The SMILES string of the molecule is CC[C@@H](CO)NC(=O)CCSc1ccc(C)c(C)c1. The number of nitrogens with one attached hydrogen (secondary N) is 1. The lowest BCUT2D eigenvalue weighted by atomic mass is 10.1. The summed E-state index contributed by atoms with van der Waals surface area (Å²) in [6.45, 7) is 6.15. The number of rotatable bonds is 7. The molecule has 1 aromatic rings. The van der Waals surface area contributed by atoms with Crippen molar-refractivity contribution in [2.75, 3.05) is 12.4 Å². The molecule has 1 rings (SSSR count). The molecule has 3 nitrogen and oxygen atoms in total. The molecule has 0 saturated heterocycles. The molecule has 106 valence electrons. The molecule has 1 aromatic carbocycles. The summed E-state index contributed by atoms with van der Waals surface area (Å²) in [7, 11) is 0. The molecule has 0 aliphatic heterocycles. The van der Waals surface area contributed by atoms with Gasteiger partial charge in [0.05, 0.1) is 12.6 Å². The average molecular weight is 281 g/mol. The van der Waals surface area contributed by atoms with E-state index in [-0.39, 0.29) is 18.6 Å². The zero-order chi connectivity index (χ0) is 14.3. The van der Waals surface area contributed by atoms with Gasteiger partial charge >= 0.3 is 0 Å². The summed E-state index contributed by atoms with van der Waals surface area (Å²) in [6.07, 6.45) is 1.24. The highest BCUT2D eigenvalue weighted by Crippen LogP contribution is 2.21. The van der Waals surface area contributed by atoms with Crippen molar-refractivity contribution in [3.63, 3.8) is 0 Å². The number of carbonyl (C=O) groups is 1. The molecule has 2 N–H and O–H groups in total. The number of thioether (sulfide) groups is 1. The van der Waals surface area contributed by atoms with Gasteiger partial charge in [0.1, 0.15) is 0 Å². The minimum atomic E-state index is -0.112. The lowest BCUT2D eigenvalue weighted by Crippen LogP contribution is -2.37. The van der Waals surface area contributed by atoms with Crippen molar-refractivity contribution in [2.24, 2.45) is 0 Å². The minimum Gasteiger partial charge on any atom is -0.394 e. The number of carbonyl (C=O) groups excluding carboxylic acids is 1. The van der Waals surface area contributed by atoms with Gasteiger partial charge in [-0.05, 0) is 43.5 Å². The van der Waals surface area contributed by atoms with Gasteiger partial charge in [0, 0.05) is 17.1 Å². The number of hydrogen-bond acceptors (Lipinski definition) is 3. The molecule has 0 bridgehead atoms. The normalized spacial score (nSPS) is 12.2. The average Bonchev–Trinajstić information content (AvgIpc) is 2.40. The van der Waals surface area contributed by atoms with Crippen LogP contribution in [0.4, 0.5) is 0 Å². The van der Waals surface area contributed by atoms with E-state index in [0.717, 1.165) is 12.2 Å². The topological polar surface area (TPSA) is 49.3 Å². The Bertz CT molecular complexity index is 417. The molecule has 0 radical (unpaired) electrons. The molecule has 0 saturated carbocycles. The fourth-order valence-corrected chi connectivity index (χ4v) is 2.59. The standard InChI is InChI=1S/C15H23NO2S/c1-4-13(10-17)16-15(18)7-8-19-14-6-5-11(2)12(3)9-14/h5-6,9,13,17H,4,7-8,10H2,1-3H3,(H,16,18)/t13-/m0/s1. The number of aliphatic hydroxyl groups excluding tert-OH is 1. The number of amides is 1. The Morgan fingerprint density at radius 1 is 1.37 bits per heavy atom. The van der Waals surface area contributed by atoms with Crippen LogP contribution in [0.3, 0.4) is 0 Å². The van der Waals surface area contributed by atoms with Crippen LogP contribution in [0.2, 0.25) is 0 Å². The van der Waals surface area contributed by atoms with Crippen LogP contribution in [-0.4, -0.2) is 29.4 Å². The second-order valence-electron chi connectivity index (χ2n) is 4.70. The summed E-state index contributed by atoms with van der Waals surface area (Å²) < 4.78 is 0. The summed E-state index contributed by atoms with van der Waals surface area (Å²) in [6, 6.07) is 6.24. The van der Waals surface area contributed by atoms with Crippen molar-refractivity contribution in [3.05, 3.63) is 29.3 Å². The monoisotopic (exact) mass is 281 g/mol. The fourth-order valence-electron chi connectivity index (χ4n) is 1.64. The first kappa shape index (κ1) is 16.1. The number of aliphatic hydroxyl groups is 1. The van der Waals surface area contributed by atoms with Gasteiger partial charge in [-0.25, -0.2) is 0 Å². The van der Waals surface area contributed by atoms with E-state index in [1.165, 1.54) is 16.0 Å². The van der Waals surface area contributed by atoms with E-state index in [1.807, 2.05) is 6.92 Å². The highest BCUT2D eigenvalue weighted by atomic mass is 32.2. The molecule has 1 atom stereocenters. The van der Waals surface area contributed by atoms with Gasteiger partial charge in [0.2, 0.25) is 5.91 Å². The third-order valence-electron chi connectivity index (χ3n) is 3.15. The Hall–Kier alpha value is -1.00. The van der Waals surface area contributed by atoms with Gasteiger partial charge in [0.15, 0.2) is 0 Å². The first-order valence-electron chi connectivity index (χ1n) is 6.67. The van der Waals surface area contributed by atoms with Crippen LogP contribution in [-0.2, 0) is 4.79 Å². The highest BCUT2D eigenvalue weighted by Gasteiger charge is 2.08. The van der Waals surface area contributed by atoms with Gasteiger partial charge in [-0.3, -0.25) is 4.79 Å². The smallest absolute Gasteiger partial charge is 0.221 e. The Balaban J connectivity index is 2.33. The molecular formula is C15H23NO2S. The molecular weight excluding hydrogens is 258 g/mol. The Morgan fingerprint density at radius 3 is 2.68 bits per heavy atom. The summed E-state index contributed by atoms with van der Waals surface area (Å²) >= 11 is 1.69. The minimum absolute atomic E-state index is 0.00649. The van der Waals surface area contributed by atoms with Crippen molar-refractivity contribution in [2.45, 2.75) is 44.6 Å². The molecule has 0 unspecified atom stereocenters. The second kappa shape index (κ2) is 8.23. The Kier molecular flexibility index (Phi) is 6.95. The van der Waals surface area contributed by atoms with Crippen molar-refractivity contribution in [3.8, 4) is 0 Å². The second-order valence-corrected chi connectivity index (χ2v) is 5.87. The molecule has 1 amide bonds. The number of hydrogen-bond donors (Lipinski definition) is 2. The maximum Gasteiger partial charge on any atom is 0.221 e. The molecule has 19 heavy (non-hydrogen) atoms. The largest absolute Gasteiger partial charge is 0.394 e. The van der Waals surface area contributed by atoms with Crippen LogP contribution < -0.4 is 5.32 Å². The van der Waals surface area contributed by atoms with E-state index in [2.05, 4.69) is 37.4 Å². The van der Waals surface area contributed by atoms with Crippen LogP contribution in [0.5, 0.6) is 0 Å².